The van der Waals surface area contributed by atoms with E-state index < -0.39 is 5.38 Å². The Bertz CT molecular complexity index is 430. The second kappa shape index (κ2) is 5.75. The molecule has 1 heterocycles. The summed E-state index contributed by atoms with van der Waals surface area (Å²) in [6.07, 6.45) is 3.12. The first-order valence-corrected chi connectivity index (χ1v) is 7.02. The maximum absolute atomic E-state index is 12.0. The minimum atomic E-state index is -0.414. The molecule has 0 aliphatic carbocycles. The van der Waals surface area contributed by atoms with Crippen molar-refractivity contribution in [1.29, 1.82) is 0 Å². The number of carbonyl (C=O) groups is 1. The van der Waals surface area contributed by atoms with Gasteiger partial charge in [-0.3, -0.25) is 4.79 Å². The minimum Gasteiger partial charge on any atom is -0.338 e. The van der Waals surface area contributed by atoms with Gasteiger partial charge in [0.15, 0.2) is 0 Å². The van der Waals surface area contributed by atoms with E-state index in [-0.39, 0.29) is 5.91 Å². The van der Waals surface area contributed by atoms with Gasteiger partial charge in [0.2, 0.25) is 5.91 Å². The number of carbonyl (C=O) groups excluding carboxylic acids is 1. The molecule has 0 aromatic heterocycles. The number of rotatable bonds is 3. The monoisotopic (exact) mass is 265 g/mol. The first-order valence-electron chi connectivity index (χ1n) is 6.58. The molecule has 0 saturated carbocycles. The van der Waals surface area contributed by atoms with Crippen LogP contribution in [0.5, 0.6) is 0 Å². The topological polar surface area (TPSA) is 20.3 Å². The average molecular weight is 266 g/mol. The second-order valence-electron chi connectivity index (χ2n) is 5.07. The molecule has 98 valence electrons. The van der Waals surface area contributed by atoms with E-state index in [0.29, 0.717) is 6.04 Å². The van der Waals surface area contributed by atoms with Crippen LogP contribution in [0.15, 0.2) is 24.3 Å². The number of alkyl halides is 1. The number of aryl methyl sites for hydroxylation is 1. The average Bonchev–Trinajstić information content (AvgIpc) is 2.79. The Morgan fingerprint density at radius 2 is 2.22 bits per heavy atom. The normalized spacial score (nSPS) is 21.1. The molecular weight excluding hydrogens is 246 g/mol. The predicted octanol–water partition coefficient (Wildman–Crippen LogP) is 3.16. The lowest BCUT2D eigenvalue weighted by Gasteiger charge is -2.26. The molecule has 2 rings (SSSR count). The van der Waals surface area contributed by atoms with Crippen molar-refractivity contribution in [2.75, 3.05) is 6.54 Å². The van der Waals surface area contributed by atoms with Gasteiger partial charge in [0.05, 0.1) is 0 Å². The van der Waals surface area contributed by atoms with E-state index in [1.165, 1.54) is 11.1 Å². The zero-order valence-electron chi connectivity index (χ0n) is 11.0. The van der Waals surface area contributed by atoms with Crippen molar-refractivity contribution in [3.63, 3.8) is 0 Å². The maximum Gasteiger partial charge on any atom is 0.240 e. The number of amides is 1. The number of benzene rings is 1. The van der Waals surface area contributed by atoms with E-state index in [1.807, 2.05) is 4.90 Å². The summed E-state index contributed by atoms with van der Waals surface area (Å²) in [5.41, 5.74) is 2.64. The largest absolute Gasteiger partial charge is 0.338 e. The molecule has 1 amide bonds. The first kappa shape index (κ1) is 13.4. The van der Waals surface area contributed by atoms with E-state index in [1.54, 1.807) is 6.92 Å². The summed E-state index contributed by atoms with van der Waals surface area (Å²) < 4.78 is 0. The molecule has 1 saturated heterocycles. The smallest absolute Gasteiger partial charge is 0.240 e. The SMILES string of the molecule is Cc1ccccc1CC1CCCN1C(=O)C(C)Cl. The summed E-state index contributed by atoms with van der Waals surface area (Å²) in [4.78, 5) is 14.0. The third kappa shape index (κ3) is 2.86. The van der Waals surface area contributed by atoms with Crippen LogP contribution in [0.3, 0.4) is 0 Å². The molecule has 1 aliphatic heterocycles. The lowest BCUT2D eigenvalue weighted by molar-refractivity contribution is -0.131. The van der Waals surface area contributed by atoms with Crippen LogP contribution in [0.1, 0.15) is 30.9 Å². The van der Waals surface area contributed by atoms with Crippen LogP contribution < -0.4 is 0 Å². The van der Waals surface area contributed by atoms with Crippen molar-refractivity contribution < 1.29 is 4.79 Å². The Hall–Kier alpha value is -1.02. The van der Waals surface area contributed by atoms with E-state index in [2.05, 4.69) is 31.2 Å². The van der Waals surface area contributed by atoms with Gasteiger partial charge in [-0.15, -0.1) is 11.6 Å². The van der Waals surface area contributed by atoms with Crippen LogP contribution in [0.4, 0.5) is 0 Å². The van der Waals surface area contributed by atoms with E-state index >= 15 is 0 Å². The van der Waals surface area contributed by atoms with E-state index in [9.17, 15) is 4.79 Å². The standard InChI is InChI=1S/C15H20ClNO/c1-11-6-3-4-7-13(11)10-14-8-5-9-17(14)15(18)12(2)16/h3-4,6-7,12,14H,5,8-10H2,1-2H3. The van der Waals surface area contributed by atoms with Crippen LogP contribution in [0.2, 0.25) is 0 Å². The molecule has 0 radical (unpaired) electrons. The van der Waals surface area contributed by atoms with E-state index in [4.69, 9.17) is 11.6 Å². The fourth-order valence-electron chi connectivity index (χ4n) is 2.66. The third-order valence-corrected chi connectivity index (χ3v) is 3.90. The van der Waals surface area contributed by atoms with Gasteiger partial charge < -0.3 is 4.90 Å². The highest BCUT2D eigenvalue weighted by Crippen LogP contribution is 2.24. The minimum absolute atomic E-state index is 0.0766. The van der Waals surface area contributed by atoms with Crippen LogP contribution in [0, 0.1) is 6.92 Å². The third-order valence-electron chi connectivity index (χ3n) is 3.72. The highest BCUT2D eigenvalue weighted by molar-refractivity contribution is 6.30. The number of hydrogen-bond donors (Lipinski definition) is 0. The van der Waals surface area contributed by atoms with Crippen LogP contribution in [0.25, 0.3) is 0 Å². The van der Waals surface area contributed by atoms with Gasteiger partial charge in [-0.2, -0.15) is 0 Å². The van der Waals surface area contributed by atoms with Gasteiger partial charge in [0.25, 0.3) is 0 Å². The summed E-state index contributed by atoms with van der Waals surface area (Å²) in [5.74, 6) is 0.0766. The lowest BCUT2D eigenvalue weighted by atomic mass is 9.99. The molecule has 2 nitrogen and oxygen atoms in total. The molecule has 1 aliphatic rings. The highest BCUT2D eigenvalue weighted by Gasteiger charge is 2.30. The molecule has 2 atom stereocenters. The molecule has 1 fully saturated rings. The fourth-order valence-corrected chi connectivity index (χ4v) is 2.78. The van der Waals surface area contributed by atoms with Crippen LogP contribution in [-0.4, -0.2) is 28.8 Å². The van der Waals surface area contributed by atoms with Crippen molar-refractivity contribution in [3.05, 3.63) is 35.4 Å². The van der Waals surface area contributed by atoms with Gasteiger partial charge in [-0.1, -0.05) is 24.3 Å². The Morgan fingerprint density at radius 3 is 2.89 bits per heavy atom. The number of nitrogens with zero attached hydrogens (tertiary/aromatic N) is 1. The number of likely N-dealkylation sites (tertiary alicyclic amines) is 1. The van der Waals surface area contributed by atoms with Gasteiger partial charge in [0.1, 0.15) is 5.38 Å². The predicted molar refractivity (Wildman–Crippen MR) is 74.9 cm³/mol. The number of halogens is 1. The van der Waals surface area contributed by atoms with Gasteiger partial charge >= 0.3 is 0 Å². The molecule has 0 spiro atoms. The molecule has 1 aromatic carbocycles. The van der Waals surface area contributed by atoms with E-state index in [0.717, 1.165) is 25.8 Å². The molecule has 1 aromatic rings. The zero-order valence-corrected chi connectivity index (χ0v) is 11.8. The van der Waals surface area contributed by atoms with Gasteiger partial charge in [0, 0.05) is 12.6 Å². The summed E-state index contributed by atoms with van der Waals surface area (Å²) in [6, 6.07) is 8.71. The summed E-state index contributed by atoms with van der Waals surface area (Å²) in [5, 5.41) is -0.414. The maximum atomic E-state index is 12.0. The Morgan fingerprint density at radius 1 is 1.50 bits per heavy atom. The van der Waals surface area contributed by atoms with Crippen LogP contribution in [-0.2, 0) is 11.2 Å². The number of hydrogen-bond acceptors (Lipinski definition) is 1. The van der Waals surface area contributed by atoms with Crippen molar-refractivity contribution in [3.8, 4) is 0 Å². The Balaban J connectivity index is 2.09. The molecule has 2 unspecified atom stereocenters. The quantitative estimate of drug-likeness (QED) is 0.769. The van der Waals surface area contributed by atoms with Gasteiger partial charge in [-0.25, -0.2) is 0 Å². The Kier molecular flexibility index (Phi) is 4.28. The van der Waals surface area contributed by atoms with Crippen molar-refractivity contribution in [2.45, 2.75) is 44.5 Å². The summed E-state index contributed by atoms with van der Waals surface area (Å²) in [6.45, 7) is 4.74. The van der Waals surface area contributed by atoms with Gasteiger partial charge in [-0.05, 0) is 44.2 Å². The lowest BCUT2D eigenvalue weighted by Crippen LogP contribution is -2.40. The Labute approximate surface area is 114 Å². The summed E-state index contributed by atoms with van der Waals surface area (Å²) in [7, 11) is 0. The molecule has 0 bridgehead atoms. The van der Waals surface area contributed by atoms with Crippen LogP contribution >= 0.6 is 11.6 Å². The fraction of sp³-hybridized carbons (Fsp3) is 0.533. The molecule has 0 N–H and O–H groups in total. The van der Waals surface area contributed by atoms with Crippen molar-refractivity contribution >= 4 is 17.5 Å². The zero-order chi connectivity index (χ0) is 13.1. The first-order chi connectivity index (χ1) is 8.59. The second-order valence-corrected chi connectivity index (χ2v) is 5.73. The molecule has 18 heavy (non-hydrogen) atoms. The highest BCUT2D eigenvalue weighted by atomic mass is 35.5. The molecule has 3 heteroatoms. The van der Waals surface area contributed by atoms with Crippen molar-refractivity contribution in [2.24, 2.45) is 0 Å². The summed E-state index contributed by atoms with van der Waals surface area (Å²) >= 11 is 5.92. The molecular formula is C15H20ClNO. The van der Waals surface area contributed by atoms with Crippen molar-refractivity contribution in [1.82, 2.24) is 4.90 Å².